The third-order valence-corrected chi connectivity index (χ3v) is 10.3. The molecule has 0 N–H and O–H groups in total. The van der Waals surface area contributed by atoms with E-state index in [0.29, 0.717) is 6.16 Å². The van der Waals surface area contributed by atoms with Crippen molar-refractivity contribution >= 4 is 23.2 Å². The van der Waals surface area contributed by atoms with Gasteiger partial charge < -0.3 is 0 Å². The molecule has 3 aromatic rings. The lowest BCUT2D eigenvalue weighted by atomic mass is 10.0. The summed E-state index contributed by atoms with van der Waals surface area (Å²) in [7, 11) is -2.11. The van der Waals surface area contributed by atoms with E-state index < -0.39 is 7.26 Å². The van der Waals surface area contributed by atoms with Crippen LogP contribution in [0.5, 0.6) is 0 Å². The monoisotopic (exact) mass is 437 g/mol. The van der Waals surface area contributed by atoms with E-state index in [1.807, 2.05) is 18.2 Å². The van der Waals surface area contributed by atoms with Crippen LogP contribution in [0, 0.1) is 22.7 Å². The molecule has 0 radical (unpaired) electrons. The molecule has 3 aromatic carbocycles. The number of nitriles is 2. The van der Waals surface area contributed by atoms with E-state index in [4.69, 9.17) is 0 Å². The standard InChI is InChI=1S/C29H30N2P/c1-2-3-4-8-15-25(26(22-30)23-31)24-32(27-16-9-5-10-17-27,28-18-11-6-12-19-28)29-20-13-7-14-21-29/h5-7,9-14,16-21H,2-4,8,15,24H2,1H3/q+1. The number of nitrogens with zero attached hydrogens (tertiary/aromatic N) is 2. The lowest BCUT2D eigenvalue weighted by Gasteiger charge is -2.28. The Morgan fingerprint density at radius 3 is 1.47 bits per heavy atom. The number of benzene rings is 3. The molecule has 0 saturated carbocycles. The van der Waals surface area contributed by atoms with Crippen LogP contribution in [0.3, 0.4) is 0 Å². The van der Waals surface area contributed by atoms with Gasteiger partial charge in [0.05, 0.1) is 6.16 Å². The molecule has 3 rings (SSSR count). The van der Waals surface area contributed by atoms with Gasteiger partial charge in [0.2, 0.25) is 0 Å². The van der Waals surface area contributed by atoms with E-state index in [1.165, 1.54) is 22.3 Å². The molecular formula is C29H30N2P+. The van der Waals surface area contributed by atoms with E-state index in [0.717, 1.165) is 31.3 Å². The zero-order chi connectivity index (χ0) is 22.7. The molecule has 0 bridgehead atoms. The number of rotatable bonds is 10. The van der Waals surface area contributed by atoms with Gasteiger partial charge in [0.1, 0.15) is 40.9 Å². The van der Waals surface area contributed by atoms with Crippen LogP contribution < -0.4 is 15.9 Å². The summed E-state index contributed by atoms with van der Waals surface area (Å²) in [6.45, 7) is 2.20. The van der Waals surface area contributed by atoms with Gasteiger partial charge in [0.15, 0.2) is 0 Å². The van der Waals surface area contributed by atoms with Gasteiger partial charge in [-0.3, -0.25) is 0 Å². The summed E-state index contributed by atoms with van der Waals surface area (Å²) in [5.74, 6) is 0. The second-order valence-electron chi connectivity index (χ2n) is 7.99. The van der Waals surface area contributed by atoms with E-state index in [2.05, 4.69) is 91.9 Å². The summed E-state index contributed by atoms with van der Waals surface area (Å²) >= 11 is 0. The number of hydrogen-bond acceptors (Lipinski definition) is 2. The zero-order valence-electron chi connectivity index (χ0n) is 18.7. The predicted molar refractivity (Wildman–Crippen MR) is 137 cm³/mol. The molecule has 3 heteroatoms. The van der Waals surface area contributed by atoms with Crippen LogP contribution in [0.1, 0.15) is 39.0 Å². The maximum Gasteiger partial charge on any atom is 0.132 e. The van der Waals surface area contributed by atoms with Crippen LogP contribution >= 0.6 is 7.26 Å². The van der Waals surface area contributed by atoms with Crippen molar-refractivity contribution in [2.75, 3.05) is 6.16 Å². The fraction of sp³-hybridized carbons (Fsp3) is 0.241. The third kappa shape index (κ3) is 5.34. The van der Waals surface area contributed by atoms with Crippen LogP contribution in [-0.2, 0) is 0 Å². The molecule has 0 aliphatic rings. The minimum atomic E-state index is -2.11. The Hall–Kier alpha value is -3.19. The van der Waals surface area contributed by atoms with Crippen LogP contribution in [0.15, 0.2) is 102 Å². The van der Waals surface area contributed by atoms with Crippen molar-refractivity contribution in [3.05, 3.63) is 102 Å². The fourth-order valence-corrected chi connectivity index (χ4v) is 8.66. The number of hydrogen-bond donors (Lipinski definition) is 0. The second-order valence-corrected chi connectivity index (χ2v) is 11.5. The summed E-state index contributed by atoms with van der Waals surface area (Å²) in [5.41, 5.74) is 1.28. The normalized spacial score (nSPS) is 10.7. The first-order chi connectivity index (χ1) is 15.8. The molecule has 0 atom stereocenters. The highest BCUT2D eigenvalue weighted by atomic mass is 31.2. The average Bonchev–Trinajstić information content (AvgIpc) is 2.87. The smallest absolute Gasteiger partial charge is 0.132 e. The molecule has 0 heterocycles. The van der Waals surface area contributed by atoms with Crippen molar-refractivity contribution in [1.82, 2.24) is 0 Å². The van der Waals surface area contributed by atoms with E-state index in [9.17, 15) is 10.5 Å². The maximum absolute atomic E-state index is 9.79. The third-order valence-electron chi connectivity index (χ3n) is 5.93. The van der Waals surface area contributed by atoms with Crippen LogP contribution in [0.2, 0.25) is 0 Å². The van der Waals surface area contributed by atoms with Crippen molar-refractivity contribution in [2.24, 2.45) is 0 Å². The quantitative estimate of drug-likeness (QED) is 0.212. The largest absolute Gasteiger partial charge is 0.192 e. The fourth-order valence-electron chi connectivity index (χ4n) is 4.29. The average molecular weight is 438 g/mol. The Bertz CT molecular complexity index is 978. The first-order valence-corrected chi connectivity index (χ1v) is 13.3. The van der Waals surface area contributed by atoms with Gasteiger partial charge in [0, 0.05) is 0 Å². The van der Waals surface area contributed by atoms with Gasteiger partial charge in [-0.25, -0.2) is 0 Å². The first-order valence-electron chi connectivity index (χ1n) is 11.3. The van der Waals surface area contributed by atoms with Gasteiger partial charge in [-0.05, 0) is 54.8 Å². The molecule has 32 heavy (non-hydrogen) atoms. The Balaban J connectivity index is 2.23. The predicted octanol–water partition coefficient (Wildman–Crippen LogP) is 6.29. The summed E-state index contributed by atoms with van der Waals surface area (Å²) in [6.07, 6.45) is 5.99. The van der Waals surface area contributed by atoms with Crippen molar-refractivity contribution < 1.29 is 0 Å². The molecule has 0 fully saturated rings. The summed E-state index contributed by atoms with van der Waals surface area (Å²) in [5, 5.41) is 23.4. The molecule has 0 aliphatic carbocycles. The van der Waals surface area contributed by atoms with Gasteiger partial charge in [-0.1, -0.05) is 80.8 Å². The van der Waals surface area contributed by atoms with Crippen LogP contribution in [0.25, 0.3) is 0 Å². The number of allylic oxidation sites excluding steroid dienone is 2. The Morgan fingerprint density at radius 1 is 0.656 bits per heavy atom. The summed E-state index contributed by atoms with van der Waals surface area (Å²) < 4.78 is 0. The van der Waals surface area contributed by atoms with Crippen molar-refractivity contribution in [3.8, 4) is 12.1 Å². The van der Waals surface area contributed by atoms with Gasteiger partial charge in [-0.2, -0.15) is 10.5 Å². The minimum absolute atomic E-state index is 0.286. The molecular weight excluding hydrogens is 407 g/mol. The highest BCUT2D eigenvalue weighted by molar-refractivity contribution is 7.95. The molecule has 2 nitrogen and oxygen atoms in total. The molecule has 0 unspecified atom stereocenters. The molecule has 0 amide bonds. The van der Waals surface area contributed by atoms with Crippen molar-refractivity contribution in [1.29, 1.82) is 10.5 Å². The zero-order valence-corrected chi connectivity index (χ0v) is 19.6. The van der Waals surface area contributed by atoms with E-state index >= 15 is 0 Å². The van der Waals surface area contributed by atoms with Gasteiger partial charge >= 0.3 is 0 Å². The van der Waals surface area contributed by atoms with E-state index in [-0.39, 0.29) is 5.57 Å². The molecule has 0 aliphatic heterocycles. The SMILES string of the molecule is CCCCCCC(C[P+](c1ccccc1)(c1ccccc1)c1ccccc1)=C(C#N)C#N. The minimum Gasteiger partial charge on any atom is -0.192 e. The highest BCUT2D eigenvalue weighted by Gasteiger charge is 2.46. The van der Waals surface area contributed by atoms with Crippen LogP contribution in [-0.4, -0.2) is 6.16 Å². The first kappa shape index (κ1) is 23.5. The second kappa shape index (κ2) is 12.0. The Morgan fingerprint density at radius 2 is 1.09 bits per heavy atom. The van der Waals surface area contributed by atoms with Gasteiger partial charge in [-0.15, -0.1) is 0 Å². The maximum atomic E-state index is 9.79. The van der Waals surface area contributed by atoms with Crippen molar-refractivity contribution in [2.45, 2.75) is 39.0 Å². The lowest BCUT2D eigenvalue weighted by molar-refractivity contribution is 0.664. The molecule has 0 saturated heterocycles. The lowest BCUT2D eigenvalue weighted by Crippen LogP contribution is -2.34. The number of unbranched alkanes of at least 4 members (excludes halogenated alkanes) is 3. The summed E-state index contributed by atoms with van der Waals surface area (Å²) in [4.78, 5) is 0. The van der Waals surface area contributed by atoms with Crippen molar-refractivity contribution in [3.63, 3.8) is 0 Å². The Labute approximate surface area is 193 Å². The van der Waals surface area contributed by atoms with E-state index in [1.54, 1.807) is 0 Å². The van der Waals surface area contributed by atoms with Crippen LogP contribution in [0.4, 0.5) is 0 Å². The molecule has 160 valence electrons. The topological polar surface area (TPSA) is 47.6 Å². The highest BCUT2D eigenvalue weighted by Crippen LogP contribution is 2.57. The molecule has 0 spiro atoms. The molecule has 0 aromatic heterocycles. The van der Waals surface area contributed by atoms with Gasteiger partial charge in [0.25, 0.3) is 0 Å². The Kier molecular flexibility index (Phi) is 8.80. The summed E-state index contributed by atoms with van der Waals surface area (Å²) in [6, 6.07) is 36.4.